The Morgan fingerprint density at radius 3 is 2.55 bits per heavy atom. The van der Waals surface area contributed by atoms with Gasteiger partial charge in [-0.2, -0.15) is 0 Å². The van der Waals surface area contributed by atoms with Gasteiger partial charge in [0, 0.05) is 0 Å². The minimum absolute atomic E-state index is 0.00746. The number of carbonyl (C=O) groups is 2. The molecule has 0 saturated carbocycles. The van der Waals surface area contributed by atoms with E-state index in [1.165, 1.54) is 30.3 Å². The molecular formula is C16H13F2NO3. The van der Waals surface area contributed by atoms with Crippen LogP contribution < -0.4 is 5.32 Å². The SMILES string of the molecule is Cc1ccc(F)c(NC(=O)COC(=O)c2ccccc2F)c1. The number of aryl methyl sites for hydroxylation is 1. The van der Waals surface area contributed by atoms with Gasteiger partial charge in [-0.3, -0.25) is 4.79 Å². The highest BCUT2D eigenvalue weighted by Crippen LogP contribution is 2.15. The van der Waals surface area contributed by atoms with Crippen molar-refractivity contribution in [2.75, 3.05) is 11.9 Å². The minimum Gasteiger partial charge on any atom is -0.452 e. The molecule has 0 aliphatic heterocycles. The van der Waals surface area contributed by atoms with Crippen molar-refractivity contribution < 1.29 is 23.1 Å². The minimum atomic E-state index is -0.960. The van der Waals surface area contributed by atoms with Gasteiger partial charge in [-0.05, 0) is 36.8 Å². The number of amides is 1. The molecule has 4 nitrogen and oxygen atoms in total. The lowest BCUT2D eigenvalue weighted by Gasteiger charge is -2.08. The molecule has 2 aromatic carbocycles. The van der Waals surface area contributed by atoms with Crippen LogP contribution in [0.5, 0.6) is 0 Å². The van der Waals surface area contributed by atoms with Crippen molar-refractivity contribution in [1.82, 2.24) is 0 Å². The zero-order chi connectivity index (χ0) is 16.1. The number of carbonyl (C=O) groups excluding carboxylic acids is 2. The molecule has 0 aromatic heterocycles. The summed E-state index contributed by atoms with van der Waals surface area (Å²) >= 11 is 0. The van der Waals surface area contributed by atoms with Crippen LogP contribution in [-0.4, -0.2) is 18.5 Å². The molecule has 0 aliphatic carbocycles. The summed E-state index contributed by atoms with van der Waals surface area (Å²) in [6.45, 7) is 1.11. The van der Waals surface area contributed by atoms with Crippen LogP contribution in [0.1, 0.15) is 15.9 Å². The standard InChI is InChI=1S/C16H13F2NO3/c1-10-6-7-13(18)14(8-10)19-15(20)9-22-16(21)11-4-2-3-5-12(11)17/h2-8H,9H2,1H3,(H,19,20). The van der Waals surface area contributed by atoms with E-state index in [0.29, 0.717) is 0 Å². The monoisotopic (exact) mass is 305 g/mol. The van der Waals surface area contributed by atoms with Gasteiger partial charge in [-0.1, -0.05) is 18.2 Å². The van der Waals surface area contributed by atoms with Crippen LogP contribution in [-0.2, 0) is 9.53 Å². The number of benzene rings is 2. The van der Waals surface area contributed by atoms with Gasteiger partial charge >= 0.3 is 5.97 Å². The number of hydrogen-bond donors (Lipinski definition) is 1. The van der Waals surface area contributed by atoms with E-state index in [0.717, 1.165) is 11.6 Å². The first-order valence-electron chi connectivity index (χ1n) is 6.45. The maximum absolute atomic E-state index is 13.5. The number of hydrogen-bond acceptors (Lipinski definition) is 3. The fraction of sp³-hybridized carbons (Fsp3) is 0.125. The first-order chi connectivity index (χ1) is 10.5. The summed E-state index contributed by atoms with van der Waals surface area (Å²) in [5.74, 6) is -3.01. The third-order valence-electron chi connectivity index (χ3n) is 2.82. The molecule has 0 bridgehead atoms. The Labute approximate surface area is 125 Å². The first kappa shape index (κ1) is 15.6. The van der Waals surface area contributed by atoms with E-state index in [2.05, 4.69) is 5.32 Å². The number of ether oxygens (including phenoxy) is 1. The lowest BCUT2D eigenvalue weighted by atomic mass is 10.2. The number of halogens is 2. The normalized spacial score (nSPS) is 10.1. The molecule has 0 spiro atoms. The summed E-state index contributed by atoms with van der Waals surface area (Å²) in [6.07, 6.45) is 0. The Morgan fingerprint density at radius 2 is 1.82 bits per heavy atom. The van der Waals surface area contributed by atoms with Crippen molar-refractivity contribution in [1.29, 1.82) is 0 Å². The van der Waals surface area contributed by atoms with Gasteiger partial charge in [0.25, 0.3) is 5.91 Å². The third kappa shape index (κ3) is 3.88. The average Bonchev–Trinajstić information content (AvgIpc) is 2.49. The summed E-state index contributed by atoms with van der Waals surface area (Å²) in [6, 6.07) is 9.49. The predicted octanol–water partition coefficient (Wildman–Crippen LogP) is 3.07. The Hall–Kier alpha value is -2.76. The van der Waals surface area contributed by atoms with E-state index in [-0.39, 0.29) is 11.3 Å². The molecule has 2 rings (SSSR count). The molecule has 114 valence electrons. The van der Waals surface area contributed by atoms with Gasteiger partial charge in [0.2, 0.25) is 0 Å². The van der Waals surface area contributed by atoms with Gasteiger partial charge < -0.3 is 10.1 Å². The molecule has 0 saturated heterocycles. The van der Waals surface area contributed by atoms with Crippen molar-refractivity contribution in [3.05, 3.63) is 65.2 Å². The van der Waals surface area contributed by atoms with E-state index in [1.54, 1.807) is 13.0 Å². The molecule has 22 heavy (non-hydrogen) atoms. The molecule has 1 N–H and O–H groups in total. The number of anilines is 1. The fourth-order valence-corrected chi connectivity index (χ4v) is 1.76. The molecule has 0 atom stereocenters. The van der Waals surface area contributed by atoms with Crippen LogP contribution in [0.25, 0.3) is 0 Å². The highest BCUT2D eigenvalue weighted by Gasteiger charge is 2.15. The third-order valence-corrected chi connectivity index (χ3v) is 2.82. The lowest BCUT2D eigenvalue weighted by Crippen LogP contribution is -2.21. The predicted molar refractivity (Wildman–Crippen MR) is 76.4 cm³/mol. The van der Waals surface area contributed by atoms with Gasteiger partial charge in [0.15, 0.2) is 6.61 Å². The smallest absolute Gasteiger partial charge is 0.341 e. The topological polar surface area (TPSA) is 55.4 Å². The summed E-state index contributed by atoms with van der Waals surface area (Å²) in [4.78, 5) is 23.3. The maximum Gasteiger partial charge on any atom is 0.341 e. The lowest BCUT2D eigenvalue weighted by molar-refractivity contribution is -0.119. The first-order valence-corrected chi connectivity index (χ1v) is 6.45. The average molecular weight is 305 g/mol. The van der Waals surface area contributed by atoms with Crippen molar-refractivity contribution >= 4 is 17.6 Å². The van der Waals surface area contributed by atoms with Crippen molar-refractivity contribution in [3.8, 4) is 0 Å². The Morgan fingerprint density at radius 1 is 1.09 bits per heavy atom. The number of nitrogens with one attached hydrogen (secondary N) is 1. The Bertz CT molecular complexity index is 716. The van der Waals surface area contributed by atoms with E-state index >= 15 is 0 Å². The van der Waals surface area contributed by atoms with Crippen LogP contribution in [0, 0.1) is 18.6 Å². The molecule has 0 aliphatic rings. The van der Waals surface area contributed by atoms with Crippen molar-refractivity contribution in [3.63, 3.8) is 0 Å². The molecule has 0 radical (unpaired) electrons. The maximum atomic E-state index is 13.5. The second-order valence-corrected chi connectivity index (χ2v) is 4.59. The zero-order valence-electron chi connectivity index (χ0n) is 11.7. The zero-order valence-corrected chi connectivity index (χ0v) is 11.7. The summed E-state index contributed by atoms with van der Waals surface area (Å²) in [5, 5.41) is 2.29. The quantitative estimate of drug-likeness (QED) is 0.883. The van der Waals surface area contributed by atoms with Gasteiger partial charge in [0.05, 0.1) is 11.3 Å². The van der Waals surface area contributed by atoms with Crippen LogP contribution in [0.2, 0.25) is 0 Å². The molecular weight excluding hydrogens is 292 g/mol. The van der Waals surface area contributed by atoms with Gasteiger partial charge in [-0.15, -0.1) is 0 Å². The Balaban J connectivity index is 1.94. The summed E-state index contributed by atoms with van der Waals surface area (Å²) < 4.78 is 31.5. The van der Waals surface area contributed by atoms with Gasteiger partial charge in [-0.25, -0.2) is 13.6 Å². The largest absolute Gasteiger partial charge is 0.452 e. The fourth-order valence-electron chi connectivity index (χ4n) is 1.76. The summed E-state index contributed by atoms with van der Waals surface area (Å²) in [5.41, 5.74) is 0.490. The molecule has 2 aromatic rings. The molecule has 0 unspecified atom stereocenters. The van der Waals surface area contributed by atoms with E-state index in [9.17, 15) is 18.4 Å². The molecule has 6 heteroatoms. The van der Waals surface area contributed by atoms with Crippen LogP contribution in [0.15, 0.2) is 42.5 Å². The van der Waals surface area contributed by atoms with Crippen LogP contribution >= 0.6 is 0 Å². The van der Waals surface area contributed by atoms with Crippen LogP contribution in [0.4, 0.5) is 14.5 Å². The second-order valence-electron chi connectivity index (χ2n) is 4.59. The highest BCUT2D eigenvalue weighted by atomic mass is 19.1. The van der Waals surface area contributed by atoms with Gasteiger partial charge in [0.1, 0.15) is 11.6 Å². The Kier molecular flexibility index (Phi) is 4.83. The second kappa shape index (κ2) is 6.80. The van der Waals surface area contributed by atoms with E-state index in [4.69, 9.17) is 4.74 Å². The van der Waals surface area contributed by atoms with E-state index in [1.807, 2.05) is 0 Å². The molecule has 1 amide bonds. The summed E-state index contributed by atoms with van der Waals surface area (Å²) in [7, 11) is 0. The molecule has 0 heterocycles. The van der Waals surface area contributed by atoms with E-state index < -0.39 is 30.1 Å². The highest BCUT2D eigenvalue weighted by molar-refractivity contribution is 5.95. The number of rotatable bonds is 4. The number of esters is 1. The van der Waals surface area contributed by atoms with Crippen molar-refractivity contribution in [2.24, 2.45) is 0 Å². The molecule has 0 fully saturated rings. The van der Waals surface area contributed by atoms with Crippen LogP contribution in [0.3, 0.4) is 0 Å². The van der Waals surface area contributed by atoms with Crippen molar-refractivity contribution in [2.45, 2.75) is 6.92 Å².